The summed E-state index contributed by atoms with van der Waals surface area (Å²) < 4.78 is 13.6. The number of Topliss-reactive ketones (excluding diaryl/α,β-unsaturated/α-hetero) is 1. The van der Waals surface area contributed by atoms with Crippen LogP contribution in [0.4, 0.5) is 4.39 Å². The highest BCUT2D eigenvalue weighted by Gasteiger charge is 2.26. The summed E-state index contributed by atoms with van der Waals surface area (Å²) in [6, 6.07) is 4.91. The lowest BCUT2D eigenvalue weighted by molar-refractivity contribution is 0.0880. The third kappa shape index (κ3) is 2.72. The molecule has 92 valence electrons. The van der Waals surface area contributed by atoms with Gasteiger partial charge in [0.15, 0.2) is 5.78 Å². The number of ketones is 1. The molecule has 2 rings (SSSR count). The lowest BCUT2D eigenvalue weighted by Crippen LogP contribution is -2.30. The average molecular weight is 235 g/mol. The fourth-order valence-corrected chi connectivity index (χ4v) is 2.43. The van der Waals surface area contributed by atoms with E-state index in [4.69, 9.17) is 5.73 Å². The van der Waals surface area contributed by atoms with Crippen molar-refractivity contribution in [3.63, 3.8) is 0 Å². The van der Waals surface area contributed by atoms with Crippen LogP contribution in [0.25, 0.3) is 0 Å². The summed E-state index contributed by atoms with van der Waals surface area (Å²) >= 11 is 0. The molecule has 0 aliphatic heterocycles. The maximum Gasteiger partial charge on any atom is 0.168 e. The quantitative estimate of drug-likeness (QED) is 0.801. The van der Waals surface area contributed by atoms with Crippen molar-refractivity contribution in [2.24, 2.45) is 11.7 Å². The Labute approximate surface area is 101 Å². The second kappa shape index (κ2) is 4.96. The average Bonchev–Trinajstić information content (AvgIpc) is 2.32. The van der Waals surface area contributed by atoms with Gasteiger partial charge < -0.3 is 5.73 Å². The molecule has 2 N–H and O–H groups in total. The standard InChI is InChI=1S/C14H18FNO/c1-9-2-7-13(15)12(8-9)14(17)10-3-5-11(16)6-4-10/h2,7-8,10-11H,3-6,16H2,1H3. The molecule has 1 saturated carbocycles. The summed E-state index contributed by atoms with van der Waals surface area (Å²) in [5.74, 6) is -0.514. The lowest BCUT2D eigenvalue weighted by atomic mass is 9.81. The minimum atomic E-state index is -0.407. The van der Waals surface area contributed by atoms with Crippen LogP contribution in [-0.4, -0.2) is 11.8 Å². The van der Waals surface area contributed by atoms with Crippen molar-refractivity contribution in [3.05, 3.63) is 35.1 Å². The second-order valence-electron chi connectivity index (χ2n) is 4.96. The van der Waals surface area contributed by atoms with Crippen LogP contribution in [0.2, 0.25) is 0 Å². The van der Waals surface area contributed by atoms with Crippen molar-refractivity contribution in [2.75, 3.05) is 0 Å². The fraction of sp³-hybridized carbons (Fsp3) is 0.500. The smallest absolute Gasteiger partial charge is 0.168 e. The van der Waals surface area contributed by atoms with E-state index in [2.05, 4.69) is 0 Å². The monoisotopic (exact) mass is 235 g/mol. The highest BCUT2D eigenvalue weighted by atomic mass is 19.1. The van der Waals surface area contributed by atoms with Gasteiger partial charge in [-0.1, -0.05) is 11.6 Å². The molecule has 2 nitrogen and oxygen atoms in total. The molecule has 0 heterocycles. The van der Waals surface area contributed by atoms with Crippen molar-refractivity contribution in [1.29, 1.82) is 0 Å². The molecule has 17 heavy (non-hydrogen) atoms. The van der Waals surface area contributed by atoms with E-state index in [0.717, 1.165) is 31.2 Å². The Morgan fingerprint density at radius 3 is 2.59 bits per heavy atom. The van der Waals surface area contributed by atoms with Crippen LogP contribution in [0.5, 0.6) is 0 Å². The van der Waals surface area contributed by atoms with Gasteiger partial charge in [-0.05, 0) is 44.7 Å². The molecule has 1 fully saturated rings. The number of hydrogen-bond acceptors (Lipinski definition) is 2. The van der Waals surface area contributed by atoms with Crippen molar-refractivity contribution >= 4 is 5.78 Å². The first-order valence-electron chi connectivity index (χ1n) is 6.14. The molecular weight excluding hydrogens is 217 g/mol. The summed E-state index contributed by atoms with van der Waals surface area (Å²) in [6.45, 7) is 1.87. The number of carbonyl (C=O) groups excluding carboxylic acids is 1. The van der Waals surface area contributed by atoms with Crippen LogP contribution < -0.4 is 5.73 Å². The van der Waals surface area contributed by atoms with Crippen LogP contribution >= 0.6 is 0 Å². The molecule has 0 saturated heterocycles. The molecule has 0 amide bonds. The predicted octanol–water partition coefficient (Wildman–Crippen LogP) is 2.83. The number of hydrogen-bond donors (Lipinski definition) is 1. The first-order valence-corrected chi connectivity index (χ1v) is 6.14. The van der Waals surface area contributed by atoms with Crippen molar-refractivity contribution in [3.8, 4) is 0 Å². The summed E-state index contributed by atoms with van der Waals surface area (Å²) in [5.41, 5.74) is 6.96. The van der Waals surface area contributed by atoms with E-state index in [1.807, 2.05) is 6.92 Å². The Morgan fingerprint density at radius 2 is 1.94 bits per heavy atom. The maximum atomic E-state index is 13.6. The van der Waals surface area contributed by atoms with Gasteiger partial charge in [0.05, 0.1) is 5.56 Å². The van der Waals surface area contributed by atoms with Gasteiger partial charge in [0, 0.05) is 12.0 Å². The van der Waals surface area contributed by atoms with Gasteiger partial charge in [0.2, 0.25) is 0 Å². The Morgan fingerprint density at radius 1 is 1.29 bits per heavy atom. The highest BCUT2D eigenvalue weighted by molar-refractivity contribution is 5.98. The van der Waals surface area contributed by atoms with Crippen molar-refractivity contribution in [1.82, 2.24) is 0 Å². The molecular formula is C14H18FNO. The number of rotatable bonds is 2. The van der Waals surface area contributed by atoms with E-state index in [-0.39, 0.29) is 23.3 Å². The zero-order valence-electron chi connectivity index (χ0n) is 10.1. The normalized spacial score (nSPS) is 24.6. The number of halogens is 1. The molecule has 1 aliphatic rings. The Balaban J connectivity index is 2.16. The molecule has 1 aromatic rings. The maximum absolute atomic E-state index is 13.6. The van der Waals surface area contributed by atoms with E-state index >= 15 is 0 Å². The van der Waals surface area contributed by atoms with E-state index in [9.17, 15) is 9.18 Å². The number of aryl methyl sites for hydroxylation is 1. The van der Waals surface area contributed by atoms with Crippen LogP contribution in [0, 0.1) is 18.7 Å². The summed E-state index contributed by atoms with van der Waals surface area (Å²) in [7, 11) is 0. The lowest BCUT2D eigenvalue weighted by Gasteiger charge is -2.25. The first kappa shape index (κ1) is 12.2. The predicted molar refractivity (Wildman–Crippen MR) is 65.4 cm³/mol. The molecule has 1 aliphatic carbocycles. The van der Waals surface area contributed by atoms with Gasteiger partial charge in [-0.25, -0.2) is 4.39 Å². The molecule has 0 atom stereocenters. The van der Waals surface area contributed by atoms with Crippen molar-refractivity contribution < 1.29 is 9.18 Å². The minimum Gasteiger partial charge on any atom is -0.328 e. The second-order valence-corrected chi connectivity index (χ2v) is 4.96. The Hall–Kier alpha value is -1.22. The van der Waals surface area contributed by atoms with Crippen molar-refractivity contribution in [2.45, 2.75) is 38.6 Å². The third-order valence-corrected chi connectivity index (χ3v) is 3.53. The third-order valence-electron chi connectivity index (χ3n) is 3.53. The van der Waals surface area contributed by atoms with Gasteiger partial charge >= 0.3 is 0 Å². The van der Waals surface area contributed by atoms with Gasteiger partial charge in [0.1, 0.15) is 5.82 Å². The highest BCUT2D eigenvalue weighted by Crippen LogP contribution is 2.27. The van der Waals surface area contributed by atoms with E-state index < -0.39 is 5.82 Å². The number of benzene rings is 1. The Kier molecular flexibility index (Phi) is 3.57. The SMILES string of the molecule is Cc1ccc(F)c(C(=O)C2CCC(N)CC2)c1. The first-order chi connectivity index (χ1) is 8.08. The molecule has 0 radical (unpaired) electrons. The molecule has 0 unspecified atom stereocenters. The van der Waals surface area contributed by atoms with E-state index in [1.54, 1.807) is 12.1 Å². The Bertz CT molecular complexity index is 422. The van der Waals surface area contributed by atoms with Crippen LogP contribution in [-0.2, 0) is 0 Å². The minimum absolute atomic E-state index is 0.0499. The summed E-state index contributed by atoms with van der Waals surface area (Å²) in [6.07, 6.45) is 3.30. The van der Waals surface area contributed by atoms with Gasteiger partial charge in [-0.3, -0.25) is 4.79 Å². The molecule has 0 bridgehead atoms. The van der Waals surface area contributed by atoms with Crippen LogP contribution in [0.3, 0.4) is 0 Å². The van der Waals surface area contributed by atoms with Gasteiger partial charge in [0.25, 0.3) is 0 Å². The molecule has 0 spiro atoms. The van der Waals surface area contributed by atoms with E-state index in [1.165, 1.54) is 6.07 Å². The molecule has 0 aromatic heterocycles. The number of nitrogens with two attached hydrogens (primary N) is 1. The topological polar surface area (TPSA) is 43.1 Å². The van der Waals surface area contributed by atoms with Crippen LogP contribution in [0.1, 0.15) is 41.6 Å². The zero-order chi connectivity index (χ0) is 12.4. The molecule has 1 aromatic carbocycles. The van der Waals surface area contributed by atoms with Gasteiger partial charge in [-0.15, -0.1) is 0 Å². The summed E-state index contributed by atoms with van der Waals surface area (Å²) in [5, 5.41) is 0. The zero-order valence-corrected chi connectivity index (χ0v) is 10.1. The number of carbonyl (C=O) groups is 1. The molecule has 3 heteroatoms. The van der Waals surface area contributed by atoms with Gasteiger partial charge in [-0.2, -0.15) is 0 Å². The van der Waals surface area contributed by atoms with E-state index in [0.29, 0.717) is 0 Å². The summed E-state index contributed by atoms with van der Waals surface area (Å²) in [4.78, 5) is 12.2. The van der Waals surface area contributed by atoms with Crippen LogP contribution in [0.15, 0.2) is 18.2 Å². The fourth-order valence-electron chi connectivity index (χ4n) is 2.43. The largest absolute Gasteiger partial charge is 0.328 e.